The Hall–Kier alpha value is -3.00. The molecule has 0 spiro atoms. The van der Waals surface area contributed by atoms with Crippen LogP contribution in [0.1, 0.15) is 15.9 Å². The molecule has 1 aliphatic heterocycles. The van der Waals surface area contributed by atoms with E-state index in [-0.39, 0.29) is 11.6 Å². The molecule has 0 bridgehead atoms. The summed E-state index contributed by atoms with van der Waals surface area (Å²) in [5.74, 6) is -0.164. The predicted octanol–water partition coefficient (Wildman–Crippen LogP) is 3.25. The smallest absolute Gasteiger partial charge is 0.269 e. The first-order valence-electron chi connectivity index (χ1n) is 7.31. The number of non-ortho nitro benzene ring substituents is 1. The van der Waals surface area contributed by atoms with Crippen LogP contribution in [0.5, 0.6) is 0 Å². The molecular weight excluding hydrogens is 328 g/mol. The first kappa shape index (κ1) is 14.6. The van der Waals surface area contributed by atoms with Crippen molar-refractivity contribution in [1.82, 2.24) is 10.2 Å². The number of carbonyl (C=O) groups is 1. The van der Waals surface area contributed by atoms with E-state index in [1.54, 1.807) is 22.4 Å². The molecule has 1 N–H and O–H groups in total. The zero-order valence-corrected chi connectivity index (χ0v) is 13.2. The third-order valence-electron chi connectivity index (χ3n) is 4.06. The first-order chi connectivity index (χ1) is 11.6. The highest BCUT2D eigenvalue weighted by atomic mass is 32.1. The van der Waals surface area contributed by atoms with E-state index in [0.717, 1.165) is 21.8 Å². The van der Waals surface area contributed by atoms with Gasteiger partial charge in [0.05, 0.1) is 27.4 Å². The van der Waals surface area contributed by atoms with Crippen molar-refractivity contribution in [3.05, 3.63) is 63.1 Å². The van der Waals surface area contributed by atoms with Crippen LogP contribution in [0.2, 0.25) is 0 Å². The van der Waals surface area contributed by atoms with Crippen molar-refractivity contribution in [2.24, 2.45) is 0 Å². The number of aromatic amines is 1. The van der Waals surface area contributed by atoms with Gasteiger partial charge < -0.3 is 4.90 Å². The summed E-state index contributed by atoms with van der Waals surface area (Å²) in [6.45, 7) is 0.534. The van der Waals surface area contributed by atoms with Crippen LogP contribution >= 0.6 is 11.3 Å². The van der Waals surface area contributed by atoms with Crippen LogP contribution in [-0.4, -0.2) is 27.6 Å². The van der Waals surface area contributed by atoms with Crippen molar-refractivity contribution in [2.45, 2.75) is 6.42 Å². The van der Waals surface area contributed by atoms with Crippen LogP contribution < -0.4 is 4.90 Å². The van der Waals surface area contributed by atoms with Gasteiger partial charge in [-0.2, -0.15) is 5.10 Å². The van der Waals surface area contributed by atoms with E-state index in [1.807, 2.05) is 11.4 Å². The number of nitrogens with zero attached hydrogens (tertiary/aromatic N) is 3. The molecule has 1 aliphatic rings. The topological polar surface area (TPSA) is 92.1 Å². The fourth-order valence-electron chi connectivity index (χ4n) is 2.84. The standard InChI is InChI=1S/C16H12N4O3S/c21-16(10-1-3-12(4-2-10)20(22)23)19-7-5-11-9-17-18-14(11)15-13(19)6-8-24-15/h1-4,6,8-9H,5,7H2,(H,17,18). The summed E-state index contributed by atoms with van der Waals surface area (Å²) >= 11 is 1.55. The van der Waals surface area contributed by atoms with Gasteiger partial charge in [-0.05, 0) is 30.0 Å². The minimum atomic E-state index is -0.476. The number of hydrogen-bond acceptors (Lipinski definition) is 5. The fourth-order valence-corrected chi connectivity index (χ4v) is 3.77. The number of carbonyl (C=O) groups excluding carboxylic acids is 1. The van der Waals surface area contributed by atoms with Crippen LogP contribution in [0.3, 0.4) is 0 Å². The Morgan fingerprint density at radius 3 is 2.83 bits per heavy atom. The molecule has 1 aromatic carbocycles. The van der Waals surface area contributed by atoms with Gasteiger partial charge in [-0.1, -0.05) is 0 Å². The average molecular weight is 340 g/mol. The monoisotopic (exact) mass is 340 g/mol. The maximum Gasteiger partial charge on any atom is 0.269 e. The van der Waals surface area contributed by atoms with Crippen molar-refractivity contribution >= 4 is 28.6 Å². The summed E-state index contributed by atoms with van der Waals surface area (Å²) in [6, 6.07) is 7.62. The lowest BCUT2D eigenvalue weighted by Crippen LogP contribution is -2.32. The number of benzene rings is 1. The summed E-state index contributed by atoms with van der Waals surface area (Å²) in [5, 5.41) is 19.8. The largest absolute Gasteiger partial charge is 0.306 e. The molecule has 1 amide bonds. The molecule has 120 valence electrons. The third-order valence-corrected chi connectivity index (χ3v) is 4.98. The quantitative estimate of drug-likeness (QED) is 0.572. The second kappa shape index (κ2) is 5.57. The number of fused-ring (bicyclic) bond motifs is 3. The fraction of sp³-hybridized carbons (Fsp3) is 0.125. The molecule has 3 aromatic rings. The van der Waals surface area contributed by atoms with Crippen molar-refractivity contribution in [3.8, 4) is 10.6 Å². The molecule has 8 heteroatoms. The Kier molecular flexibility index (Phi) is 3.39. The molecule has 0 saturated carbocycles. The van der Waals surface area contributed by atoms with E-state index < -0.39 is 4.92 Å². The predicted molar refractivity (Wildman–Crippen MR) is 90.4 cm³/mol. The number of aromatic nitrogens is 2. The van der Waals surface area contributed by atoms with E-state index in [4.69, 9.17) is 0 Å². The maximum atomic E-state index is 12.9. The van der Waals surface area contributed by atoms with Gasteiger partial charge in [0.2, 0.25) is 0 Å². The average Bonchev–Trinajstić information content (AvgIpc) is 3.22. The molecule has 2 aromatic heterocycles. The highest BCUT2D eigenvalue weighted by Gasteiger charge is 2.27. The number of nitro groups is 1. The van der Waals surface area contributed by atoms with E-state index in [9.17, 15) is 14.9 Å². The third kappa shape index (κ3) is 2.28. The number of H-pyrrole nitrogens is 1. The number of thiophene rings is 1. The number of nitrogens with one attached hydrogen (secondary N) is 1. The molecule has 0 aliphatic carbocycles. The minimum absolute atomic E-state index is 0.0281. The number of hydrogen-bond donors (Lipinski definition) is 1. The Morgan fingerprint density at radius 1 is 1.29 bits per heavy atom. The van der Waals surface area contributed by atoms with E-state index in [0.29, 0.717) is 18.5 Å². The highest BCUT2D eigenvalue weighted by molar-refractivity contribution is 7.14. The molecule has 7 nitrogen and oxygen atoms in total. The lowest BCUT2D eigenvalue weighted by Gasteiger charge is -2.21. The Balaban J connectivity index is 1.71. The van der Waals surface area contributed by atoms with Gasteiger partial charge in [0.1, 0.15) is 0 Å². The molecule has 4 rings (SSSR count). The van der Waals surface area contributed by atoms with Crippen LogP contribution in [0.15, 0.2) is 41.9 Å². The number of anilines is 1. The van der Waals surface area contributed by atoms with Crippen LogP contribution in [0, 0.1) is 10.1 Å². The SMILES string of the molecule is O=C(c1ccc([N+](=O)[O-])cc1)N1CCc2cn[nH]c2-c2sccc21. The summed E-state index contributed by atoms with van der Waals surface area (Å²) in [5.41, 5.74) is 3.28. The Morgan fingerprint density at radius 2 is 2.08 bits per heavy atom. The second-order valence-corrected chi connectivity index (χ2v) is 6.33. The zero-order chi connectivity index (χ0) is 16.7. The lowest BCUT2D eigenvalue weighted by molar-refractivity contribution is -0.384. The van der Waals surface area contributed by atoms with Crippen LogP contribution in [0.4, 0.5) is 11.4 Å². The van der Waals surface area contributed by atoms with E-state index >= 15 is 0 Å². The maximum absolute atomic E-state index is 12.9. The van der Waals surface area contributed by atoms with Crippen molar-refractivity contribution in [2.75, 3.05) is 11.4 Å². The van der Waals surface area contributed by atoms with Gasteiger partial charge in [-0.3, -0.25) is 20.0 Å². The van der Waals surface area contributed by atoms with Crippen molar-refractivity contribution in [1.29, 1.82) is 0 Å². The van der Waals surface area contributed by atoms with Crippen LogP contribution in [-0.2, 0) is 6.42 Å². The molecule has 0 saturated heterocycles. The summed E-state index contributed by atoms with van der Waals surface area (Å²) in [7, 11) is 0. The number of amides is 1. The van der Waals surface area contributed by atoms with E-state index in [1.165, 1.54) is 24.3 Å². The molecule has 24 heavy (non-hydrogen) atoms. The number of rotatable bonds is 2. The Labute approximate surface area is 140 Å². The molecule has 0 radical (unpaired) electrons. The first-order valence-corrected chi connectivity index (χ1v) is 8.19. The van der Waals surface area contributed by atoms with Gasteiger partial charge >= 0.3 is 0 Å². The summed E-state index contributed by atoms with van der Waals surface area (Å²) in [6.07, 6.45) is 2.49. The van der Waals surface area contributed by atoms with Crippen molar-refractivity contribution < 1.29 is 9.72 Å². The lowest BCUT2D eigenvalue weighted by atomic mass is 10.1. The molecular formula is C16H12N4O3S. The normalized spacial score (nSPS) is 13.1. The van der Waals surface area contributed by atoms with E-state index in [2.05, 4.69) is 10.2 Å². The van der Waals surface area contributed by atoms with Gasteiger partial charge in [0.25, 0.3) is 11.6 Å². The summed E-state index contributed by atoms with van der Waals surface area (Å²) < 4.78 is 0. The number of nitro benzene ring substituents is 1. The minimum Gasteiger partial charge on any atom is -0.306 e. The highest BCUT2D eigenvalue weighted by Crippen LogP contribution is 2.39. The molecule has 0 fully saturated rings. The zero-order valence-electron chi connectivity index (χ0n) is 12.4. The van der Waals surface area contributed by atoms with Gasteiger partial charge in [-0.15, -0.1) is 11.3 Å². The Bertz CT molecular complexity index is 929. The second-order valence-electron chi connectivity index (χ2n) is 5.42. The van der Waals surface area contributed by atoms with Crippen LogP contribution in [0.25, 0.3) is 10.6 Å². The molecule has 0 atom stereocenters. The van der Waals surface area contributed by atoms with Gasteiger partial charge in [0, 0.05) is 29.8 Å². The summed E-state index contributed by atoms with van der Waals surface area (Å²) in [4.78, 5) is 25.9. The van der Waals surface area contributed by atoms with Gasteiger partial charge in [-0.25, -0.2) is 0 Å². The van der Waals surface area contributed by atoms with Gasteiger partial charge in [0.15, 0.2) is 0 Å². The van der Waals surface area contributed by atoms with Crippen molar-refractivity contribution in [3.63, 3.8) is 0 Å². The molecule has 0 unspecified atom stereocenters. The molecule has 3 heterocycles.